The van der Waals surface area contributed by atoms with Gasteiger partial charge in [-0.15, -0.1) is 0 Å². The number of rotatable bonds is 5. The van der Waals surface area contributed by atoms with E-state index in [9.17, 15) is 13.2 Å². The largest absolute Gasteiger partial charge is 0.389 e. The second kappa shape index (κ2) is 6.41. The Morgan fingerprint density at radius 1 is 1.39 bits per heavy atom. The summed E-state index contributed by atoms with van der Waals surface area (Å²) in [5, 5.41) is 0.587. The lowest BCUT2D eigenvalue weighted by Crippen LogP contribution is -2.28. The van der Waals surface area contributed by atoms with E-state index in [-0.39, 0.29) is 12.5 Å². The van der Waals surface area contributed by atoms with Gasteiger partial charge in [0, 0.05) is 17.5 Å². The molecular formula is C12H16ClF3N2. The van der Waals surface area contributed by atoms with E-state index in [1.165, 1.54) is 0 Å². The highest BCUT2D eigenvalue weighted by atomic mass is 35.5. The third-order valence-corrected chi connectivity index (χ3v) is 3.25. The fourth-order valence-electron chi connectivity index (χ4n) is 1.84. The van der Waals surface area contributed by atoms with Gasteiger partial charge in [0.15, 0.2) is 0 Å². The minimum atomic E-state index is -4.12. The molecular weight excluding hydrogens is 265 g/mol. The number of alkyl halides is 3. The molecule has 0 saturated carbocycles. The molecule has 1 rings (SSSR count). The molecule has 0 saturated heterocycles. The van der Waals surface area contributed by atoms with Gasteiger partial charge in [-0.25, -0.2) is 0 Å². The van der Waals surface area contributed by atoms with Crippen LogP contribution in [0.4, 0.5) is 13.2 Å². The number of nitrogens with two attached hydrogens (primary N) is 1. The molecule has 0 fully saturated rings. The summed E-state index contributed by atoms with van der Waals surface area (Å²) in [6.07, 6.45) is -4.57. The van der Waals surface area contributed by atoms with Crippen molar-refractivity contribution in [2.75, 3.05) is 0 Å². The van der Waals surface area contributed by atoms with Crippen LogP contribution in [0.2, 0.25) is 5.02 Å². The van der Waals surface area contributed by atoms with Crippen molar-refractivity contribution in [1.82, 2.24) is 5.43 Å². The maximum Gasteiger partial charge on any atom is 0.389 e. The first-order chi connectivity index (χ1) is 8.35. The van der Waals surface area contributed by atoms with Crippen LogP contribution in [0.15, 0.2) is 18.2 Å². The van der Waals surface area contributed by atoms with Gasteiger partial charge in [-0.1, -0.05) is 23.7 Å². The van der Waals surface area contributed by atoms with Crippen molar-refractivity contribution in [3.8, 4) is 0 Å². The lowest BCUT2D eigenvalue weighted by Gasteiger charge is -2.19. The summed E-state index contributed by atoms with van der Waals surface area (Å²) >= 11 is 5.97. The Balaban J connectivity index is 2.69. The SMILES string of the molecule is Cc1c(Cl)cccc1C(CCCC(F)(F)F)NN. The Morgan fingerprint density at radius 2 is 2.06 bits per heavy atom. The summed E-state index contributed by atoms with van der Waals surface area (Å²) in [6, 6.07) is 5.01. The lowest BCUT2D eigenvalue weighted by molar-refractivity contribution is -0.135. The highest BCUT2D eigenvalue weighted by Gasteiger charge is 2.27. The Kier molecular flexibility index (Phi) is 5.44. The van der Waals surface area contributed by atoms with Gasteiger partial charge in [-0.05, 0) is 37.0 Å². The van der Waals surface area contributed by atoms with Gasteiger partial charge in [-0.3, -0.25) is 11.3 Å². The van der Waals surface area contributed by atoms with Crippen LogP contribution in [0.5, 0.6) is 0 Å². The monoisotopic (exact) mass is 280 g/mol. The van der Waals surface area contributed by atoms with Crippen molar-refractivity contribution in [2.45, 2.75) is 38.4 Å². The number of halogens is 4. The topological polar surface area (TPSA) is 38.0 Å². The smallest absolute Gasteiger partial charge is 0.271 e. The number of hydrogen-bond acceptors (Lipinski definition) is 2. The van der Waals surface area contributed by atoms with Crippen LogP contribution in [0.25, 0.3) is 0 Å². The minimum Gasteiger partial charge on any atom is -0.271 e. The van der Waals surface area contributed by atoms with Crippen LogP contribution < -0.4 is 11.3 Å². The van der Waals surface area contributed by atoms with E-state index in [4.69, 9.17) is 17.4 Å². The molecule has 102 valence electrons. The van der Waals surface area contributed by atoms with Crippen molar-refractivity contribution < 1.29 is 13.2 Å². The Morgan fingerprint density at radius 3 is 2.61 bits per heavy atom. The molecule has 1 unspecified atom stereocenters. The van der Waals surface area contributed by atoms with E-state index in [2.05, 4.69) is 5.43 Å². The molecule has 0 radical (unpaired) electrons. The van der Waals surface area contributed by atoms with E-state index < -0.39 is 12.6 Å². The quantitative estimate of drug-likeness (QED) is 0.634. The van der Waals surface area contributed by atoms with Crippen molar-refractivity contribution in [3.05, 3.63) is 34.3 Å². The third kappa shape index (κ3) is 4.48. The zero-order chi connectivity index (χ0) is 13.8. The van der Waals surface area contributed by atoms with Crippen molar-refractivity contribution >= 4 is 11.6 Å². The van der Waals surface area contributed by atoms with Gasteiger partial charge in [0.1, 0.15) is 0 Å². The highest BCUT2D eigenvalue weighted by Crippen LogP contribution is 2.29. The second-order valence-electron chi connectivity index (χ2n) is 4.18. The summed E-state index contributed by atoms with van der Waals surface area (Å²) in [7, 11) is 0. The predicted octanol–water partition coefficient (Wildman–Crippen LogP) is 3.89. The third-order valence-electron chi connectivity index (χ3n) is 2.84. The predicted molar refractivity (Wildman–Crippen MR) is 66.2 cm³/mol. The van der Waals surface area contributed by atoms with Crippen LogP contribution >= 0.6 is 11.6 Å². The first-order valence-corrected chi connectivity index (χ1v) is 6.01. The number of benzene rings is 1. The normalized spacial score (nSPS) is 13.7. The van der Waals surface area contributed by atoms with Gasteiger partial charge >= 0.3 is 6.18 Å². The fraction of sp³-hybridized carbons (Fsp3) is 0.500. The Hall–Kier alpha value is -0.780. The number of nitrogens with one attached hydrogen (secondary N) is 1. The van der Waals surface area contributed by atoms with E-state index in [0.29, 0.717) is 11.4 Å². The minimum absolute atomic E-state index is 0.0321. The van der Waals surface area contributed by atoms with Crippen LogP contribution in [0, 0.1) is 6.92 Å². The molecule has 0 spiro atoms. The zero-order valence-electron chi connectivity index (χ0n) is 10.0. The van der Waals surface area contributed by atoms with E-state index >= 15 is 0 Å². The molecule has 1 aromatic carbocycles. The van der Waals surface area contributed by atoms with E-state index in [1.807, 2.05) is 13.0 Å². The van der Waals surface area contributed by atoms with Gasteiger partial charge in [0.2, 0.25) is 0 Å². The molecule has 0 bridgehead atoms. The van der Waals surface area contributed by atoms with E-state index in [1.54, 1.807) is 12.1 Å². The summed E-state index contributed by atoms with van der Waals surface area (Å²) < 4.78 is 36.2. The maximum atomic E-state index is 12.1. The molecule has 0 aromatic heterocycles. The second-order valence-corrected chi connectivity index (χ2v) is 4.59. The first kappa shape index (κ1) is 15.3. The molecule has 0 aliphatic carbocycles. The van der Waals surface area contributed by atoms with Crippen LogP contribution in [0.1, 0.15) is 36.4 Å². The Labute approximate surface area is 109 Å². The average molecular weight is 281 g/mol. The number of hydrogen-bond donors (Lipinski definition) is 2. The molecule has 3 N–H and O–H groups in total. The molecule has 0 aliphatic rings. The summed E-state index contributed by atoms with van der Waals surface area (Å²) in [5.41, 5.74) is 4.23. The lowest BCUT2D eigenvalue weighted by atomic mass is 9.97. The molecule has 0 amide bonds. The summed E-state index contributed by atoms with van der Waals surface area (Å²) in [6.45, 7) is 1.83. The van der Waals surface area contributed by atoms with Crippen molar-refractivity contribution in [2.24, 2.45) is 5.84 Å². The maximum absolute atomic E-state index is 12.1. The summed E-state index contributed by atoms with van der Waals surface area (Å²) in [5.74, 6) is 5.40. The van der Waals surface area contributed by atoms with Gasteiger partial charge in [0.05, 0.1) is 0 Å². The molecule has 1 atom stereocenters. The van der Waals surface area contributed by atoms with Crippen molar-refractivity contribution in [3.63, 3.8) is 0 Å². The molecule has 18 heavy (non-hydrogen) atoms. The average Bonchev–Trinajstić information content (AvgIpc) is 2.27. The molecule has 6 heteroatoms. The van der Waals surface area contributed by atoms with Crippen molar-refractivity contribution in [1.29, 1.82) is 0 Å². The van der Waals surface area contributed by atoms with Gasteiger partial charge < -0.3 is 0 Å². The van der Waals surface area contributed by atoms with Crippen LogP contribution in [-0.2, 0) is 0 Å². The summed E-state index contributed by atoms with van der Waals surface area (Å²) in [4.78, 5) is 0. The molecule has 1 aromatic rings. The van der Waals surface area contributed by atoms with Crippen LogP contribution in [-0.4, -0.2) is 6.18 Å². The molecule has 0 heterocycles. The first-order valence-electron chi connectivity index (χ1n) is 5.63. The number of hydrazine groups is 1. The van der Waals surface area contributed by atoms with Gasteiger partial charge in [-0.2, -0.15) is 13.2 Å². The fourth-order valence-corrected chi connectivity index (χ4v) is 2.02. The molecule has 0 aliphatic heterocycles. The van der Waals surface area contributed by atoms with E-state index in [0.717, 1.165) is 11.1 Å². The van der Waals surface area contributed by atoms with Gasteiger partial charge in [0.25, 0.3) is 0 Å². The zero-order valence-corrected chi connectivity index (χ0v) is 10.8. The van der Waals surface area contributed by atoms with Crippen LogP contribution in [0.3, 0.4) is 0 Å². The highest BCUT2D eigenvalue weighted by molar-refractivity contribution is 6.31. The molecule has 2 nitrogen and oxygen atoms in total. The Bertz CT molecular complexity index is 393. The standard InChI is InChI=1S/C12H16ClF3N2/c1-8-9(4-2-5-10(8)13)11(18-17)6-3-7-12(14,15)16/h2,4-5,11,18H,3,6-7,17H2,1H3.